The molecule has 24 heavy (non-hydrogen) atoms. The Balaban J connectivity index is 2.14. The molecule has 3 N–H and O–H groups in total. The molecule has 0 aliphatic heterocycles. The zero-order chi connectivity index (χ0) is 17.7. The van der Waals surface area contributed by atoms with Gasteiger partial charge in [0.2, 0.25) is 5.91 Å². The summed E-state index contributed by atoms with van der Waals surface area (Å²) >= 11 is 3.18. The Bertz CT molecular complexity index is 762. The molecular formula is C17H17BrN2O4. The van der Waals surface area contributed by atoms with Crippen molar-refractivity contribution in [3.63, 3.8) is 0 Å². The molecule has 6 nitrogen and oxygen atoms in total. The van der Waals surface area contributed by atoms with Crippen LogP contribution < -0.4 is 15.4 Å². The van der Waals surface area contributed by atoms with Gasteiger partial charge in [-0.15, -0.1) is 0 Å². The van der Waals surface area contributed by atoms with E-state index in [1.54, 1.807) is 37.3 Å². The van der Waals surface area contributed by atoms with Gasteiger partial charge in [-0.05, 0) is 37.3 Å². The number of phenolic OH excluding ortho intramolecular Hbond substituents is 1. The van der Waals surface area contributed by atoms with Crippen molar-refractivity contribution in [1.29, 1.82) is 0 Å². The lowest BCUT2D eigenvalue weighted by molar-refractivity contribution is -0.115. The smallest absolute Gasteiger partial charge is 0.255 e. The lowest BCUT2D eigenvalue weighted by Gasteiger charge is -2.10. The first-order valence-corrected chi connectivity index (χ1v) is 8.05. The van der Waals surface area contributed by atoms with Crippen molar-refractivity contribution in [3.05, 3.63) is 48.0 Å². The van der Waals surface area contributed by atoms with Crippen LogP contribution >= 0.6 is 15.9 Å². The summed E-state index contributed by atoms with van der Waals surface area (Å²) in [6.07, 6.45) is 0. The Morgan fingerprint density at radius 3 is 2.50 bits per heavy atom. The average Bonchev–Trinajstić information content (AvgIpc) is 2.56. The normalized spacial score (nSPS) is 11.5. The van der Waals surface area contributed by atoms with Crippen molar-refractivity contribution >= 4 is 39.1 Å². The van der Waals surface area contributed by atoms with Crippen LogP contribution in [0.3, 0.4) is 0 Å². The number of benzene rings is 2. The quantitative estimate of drug-likeness (QED) is 0.537. The van der Waals surface area contributed by atoms with Crippen LogP contribution in [0.25, 0.3) is 0 Å². The summed E-state index contributed by atoms with van der Waals surface area (Å²) < 4.78 is 5.00. The lowest BCUT2D eigenvalue weighted by Crippen LogP contribution is -2.20. The van der Waals surface area contributed by atoms with Crippen LogP contribution in [0, 0.1) is 0 Å². The summed E-state index contributed by atoms with van der Waals surface area (Å²) in [5, 5.41) is 15.0. The van der Waals surface area contributed by atoms with E-state index in [1.807, 2.05) is 0 Å². The largest absolute Gasteiger partial charge is 0.504 e. The molecule has 0 heterocycles. The molecule has 2 amide bonds. The summed E-state index contributed by atoms with van der Waals surface area (Å²) in [5.41, 5.74) is 1.41. The molecule has 7 heteroatoms. The zero-order valence-electron chi connectivity index (χ0n) is 13.2. The maximum Gasteiger partial charge on any atom is 0.255 e. The number of carbonyl (C=O) groups is 2. The van der Waals surface area contributed by atoms with Crippen molar-refractivity contribution in [2.75, 3.05) is 17.7 Å². The third-order valence-electron chi connectivity index (χ3n) is 3.19. The molecule has 1 atom stereocenters. The first-order chi connectivity index (χ1) is 11.4. The standard InChI is InChI=1S/C17H17BrN2O4/c1-10(18)16(22)19-12-5-3-4-11(8-12)17(23)20-13-6-7-14(21)15(9-13)24-2/h3-10,21H,1-2H3,(H,19,22)(H,20,23). The summed E-state index contributed by atoms with van der Waals surface area (Å²) in [6, 6.07) is 11.1. The molecule has 0 radical (unpaired) electrons. The minimum atomic E-state index is -0.342. The molecule has 0 saturated carbocycles. The van der Waals surface area contributed by atoms with E-state index in [4.69, 9.17) is 4.74 Å². The average molecular weight is 393 g/mol. The van der Waals surface area contributed by atoms with Gasteiger partial charge in [0.05, 0.1) is 11.9 Å². The van der Waals surface area contributed by atoms with Crippen molar-refractivity contribution in [2.24, 2.45) is 0 Å². The van der Waals surface area contributed by atoms with E-state index in [1.165, 1.54) is 19.2 Å². The maximum atomic E-state index is 12.3. The van der Waals surface area contributed by atoms with E-state index < -0.39 is 0 Å². The molecular weight excluding hydrogens is 376 g/mol. The Hall–Kier alpha value is -2.54. The van der Waals surface area contributed by atoms with Crippen LogP contribution in [0.1, 0.15) is 17.3 Å². The number of aromatic hydroxyl groups is 1. The van der Waals surface area contributed by atoms with E-state index in [9.17, 15) is 14.7 Å². The maximum absolute atomic E-state index is 12.3. The number of methoxy groups -OCH3 is 1. The highest BCUT2D eigenvalue weighted by Gasteiger charge is 2.12. The number of hydrogen-bond acceptors (Lipinski definition) is 4. The predicted molar refractivity (Wildman–Crippen MR) is 96.1 cm³/mol. The van der Waals surface area contributed by atoms with E-state index in [2.05, 4.69) is 26.6 Å². The second-order valence-corrected chi connectivity index (χ2v) is 6.40. The molecule has 0 bridgehead atoms. The number of amides is 2. The van der Waals surface area contributed by atoms with Crippen molar-refractivity contribution in [1.82, 2.24) is 0 Å². The number of anilines is 2. The van der Waals surface area contributed by atoms with Gasteiger partial charge >= 0.3 is 0 Å². The van der Waals surface area contributed by atoms with Gasteiger partial charge in [-0.25, -0.2) is 0 Å². The van der Waals surface area contributed by atoms with E-state index in [0.717, 1.165) is 0 Å². The topological polar surface area (TPSA) is 87.7 Å². The summed E-state index contributed by atoms with van der Waals surface area (Å²) in [4.78, 5) is 23.7. The Labute approximate surface area is 148 Å². The molecule has 0 spiro atoms. The molecule has 0 aliphatic rings. The fourth-order valence-electron chi connectivity index (χ4n) is 1.94. The number of ether oxygens (including phenoxy) is 1. The second-order valence-electron chi connectivity index (χ2n) is 5.03. The third kappa shape index (κ3) is 4.48. The highest BCUT2D eigenvalue weighted by atomic mass is 79.9. The van der Waals surface area contributed by atoms with Crippen molar-refractivity contribution in [2.45, 2.75) is 11.8 Å². The lowest BCUT2D eigenvalue weighted by atomic mass is 10.1. The first-order valence-electron chi connectivity index (χ1n) is 7.14. The van der Waals surface area contributed by atoms with E-state index >= 15 is 0 Å². The minimum Gasteiger partial charge on any atom is -0.504 e. The molecule has 2 aromatic carbocycles. The number of phenols is 1. The van der Waals surface area contributed by atoms with Crippen LogP contribution in [0.4, 0.5) is 11.4 Å². The number of hydrogen-bond donors (Lipinski definition) is 3. The van der Waals surface area contributed by atoms with Crippen LogP contribution in [-0.2, 0) is 4.79 Å². The second kappa shape index (κ2) is 7.83. The molecule has 1 unspecified atom stereocenters. The van der Waals surface area contributed by atoms with Crippen LogP contribution in [0.2, 0.25) is 0 Å². The van der Waals surface area contributed by atoms with Gasteiger partial charge in [0.1, 0.15) is 0 Å². The van der Waals surface area contributed by atoms with Gasteiger partial charge in [0, 0.05) is 23.0 Å². The van der Waals surface area contributed by atoms with Gasteiger partial charge in [-0.1, -0.05) is 22.0 Å². The van der Waals surface area contributed by atoms with Crippen LogP contribution in [0.5, 0.6) is 11.5 Å². The number of carbonyl (C=O) groups excluding carboxylic acids is 2. The summed E-state index contributed by atoms with van der Waals surface area (Å²) in [7, 11) is 1.43. The number of nitrogens with one attached hydrogen (secondary N) is 2. The summed E-state index contributed by atoms with van der Waals surface area (Å²) in [5.74, 6) is -0.286. The van der Waals surface area contributed by atoms with Gasteiger partial charge in [-0.2, -0.15) is 0 Å². The molecule has 0 aliphatic carbocycles. The van der Waals surface area contributed by atoms with Crippen LogP contribution in [-0.4, -0.2) is 28.9 Å². The SMILES string of the molecule is COc1cc(NC(=O)c2cccc(NC(=O)C(C)Br)c2)ccc1O. The number of alkyl halides is 1. The molecule has 2 aromatic rings. The molecule has 126 valence electrons. The van der Waals surface area contributed by atoms with Gasteiger partial charge in [0.25, 0.3) is 5.91 Å². The Morgan fingerprint density at radius 2 is 1.83 bits per heavy atom. The molecule has 0 aromatic heterocycles. The Kier molecular flexibility index (Phi) is 5.81. The minimum absolute atomic E-state index is 0.0101. The fourth-order valence-corrected chi connectivity index (χ4v) is 2.05. The number of halogens is 1. The van der Waals surface area contributed by atoms with Crippen LogP contribution in [0.15, 0.2) is 42.5 Å². The van der Waals surface area contributed by atoms with Gasteiger partial charge < -0.3 is 20.5 Å². The van der Waals surface area contributed by atoms with E-state index in [0.29, 0.717) is 16.9 Å². The highest BCUT2D eigenvalue weighted by molar-refractivity contribution is 9.10. The van der Waals surface area contributed by atoms with Gasteiger partial charge in [-0.3, -0.25) is 9.59 Å². The van der Waals surface area contributed by atoms with Crippen molar-refractivity contribution < 1.29 is 19.4 Å². The fraction of sp³-hybridized carbons (Fsp3) is 0.176. The van der Waals surface area contributed by atoms with Crippen molar-refractivity contribution in [3.8, 4) is 11.5 Å². The molecule has 2 rings (SSSR count). The van der Waals surface area contributed by atoms with Gasteiger partial charge in [0.15, 0.2) is 11.5 Å². The number of rotatable bonds is 5. The summed E-state index contributed by atoms with van der Waals surface area (Å²) in [6.45, 7) is 1.71. The zero-order valence-corrected chi connectivity index (χ0v) is 14.8. The monoisotopic (exact) mass is 392 g/mol. The van der Waals surface area contributed by atoms with E-state index in [-0.39, 0.29) is 28.1 Å². The molecule has 0 saturated heterocycles. The third-order valence-corrected chi connectivity index (χ3v) is 3.61. The molecule has 0 fully saturated rings. The first kappa shape index (κ1) is 17.8. The highest BCUT2D eigenvalue weighted by Crippen LogP contribution is 2.28. The predicted octanol–water partition coefficient (Wildman–Crippen LogP) is 3.38. The Morgan fingerprint density at radius 1 is 1.12 bits per heavy atom.